The summed E-state index contributed by atoms with van der Waals surface area (Å²) in [6, 6.07) is 7.58. The van der Waals surface area contributed by atoms with Crippen LogP contribution in [0.25, 0.3) is 0 Å². The first kappa shape index (κ1) is 15.1. The van der Waals surface area contributed by atoms with Crippen molar-refractivity contribution in [2.24, 2.45) is 5.73 Å². The molecule has 2 N–H and O–H groups in total. The third-order valence-electron chi connectivity index (χ3n) is 3.31. The predicted octanol–water partition coefficient (Wildman–Crippen LogP) is 3.93. The fourth-order valence-corrected chi connectivity index (χ4v) is 2.66. The van der Waals surface area contributed by atoms with Crippen LogP contribution in [-0.2, 0) is 12.0 Å². The SMILES string of the molecule is CCC(N)(Cc1cc(F)cc(Br)c1)c1ccc(F)cn1. The Morgan fingerprint density at radius 3 is 2.50 bits per heavy atom. The van der Waals surface area contributed by atoms with Gasteiger partial charge in [-0.2, -0.15) is 0 Å². The molecular formula is C15H15BrF2N2. The zero-order valence-electron chi connectivity index (χ0n) is 11.0. The molecule has 0 amide bonds. The van der Waals surface area contributed by atoms with E-state index in [1.807, 2.05) is 13.0 Å². The molecule has 0 aliphatic rings. The molecule has 20 heavy (non-hydrogen) atoms. The smallest absolute Gasteiger partial charge is 0.141 e. The van der Waals surface area contributed by atoms with Crippen molar-refractivity contribution < 1.29 is 8.78 Å². The molecule has 2 nitrogen and oxygen atoms in total. The Hall–Kier alpha value is -1.33. The summed E-state index contributed by atoms with van der Waals surface area (Å²) in [5.41, 5.74) is 7.00. The Morgan fingerprint density at radius 1 is 1.20 bits per heavy atom. The number of pyridine rings is 1. The van der Waals surface area contributed by atoms with Crippen molar-refractivity contribution in [1.82, 2.24) is 4.98 Å². The molecule has 0 saturated heterocycles. The maximum absolute atomic E-state index is 13.4. The number of hydrogen-bond acceptors (Lipinski definition) is 2. The molecule has 2 rings (SSSR count). The lowest BCUT2D eigenvalue weighted by atomic mass is 9.85. The normalized spacial score (nSPS) is 14.1. The van der Waals surface area contributed by atoms with E-state index < -0.39 is 11.4 Å². The summed E-state index contributed by atoms with van der Waals surface area (Å²) in [7, 11) is 0. The van der Waals surface area contributed by atoms with Crippen LogP contribution in [0.2, 0.25) is 0 Å². The van der Waals surface area contributed by atoms with E-state index in [2.05, 4.69) is 20.9 Å². The maximum atomic E-state index is 13.4. The minimum absolute atomic E-state index is 0.320. The number of nitrogens with two attached hydrogens (primary N) is 1. The van der Waals surface area contributed by atoms with Crippen LogP contribution in [0, 0.1) is 11.6 Å². The van der Waals surface area contributed by atoms with Gasteiger partial charge in [-0.3, -0.25) is 4.98 Å². The third-order valence-corrected chi connectivity index (χ3v) is 3.77. The highest BCUT2D eigenvalue weighted by molar-refractivity contribution is 9.10. The maximum Gasteiger partial charge on any atom is 0.141 e. The third kappa shape index (κ3) is 3.41. The minimum atomic E-state index is -0.749. The van der Waals surface area contributed by atoms with Crippen molar-refractivity contribution in [3.05, 3.63) is 63.9 Å². The van der Waals surface area contributed by atoms with Gasteiger partial charge in [0.25, 0.3) is 0 Å². The molecule has 0 radical (unpaired) electrons. The van der Waals surface area contributed by atoms with Crippen molar-refractivity contribution in [1.29, 1.82) is 0 Å². The first-order valence-corrected chi connectivity index (χ1v) is 7.08. The summed E-state index contributed by atoms with van der Waals surface area (Å²) >= 11 is 3.26. The molecule has 1 aromatic heterocycles. The molecule has 0 fully saturated rings. The van der Waals surface area contributed by atoms with Crippen molar-refractivity contribution in [2.75, 3.05) is 0 Å². The van der Waals surface area contributed by atoms with Crippen LogP contribution in [-0.4, -0.2) is 4.98 Å². The van der Waals surface area contributed by atoms with Gasteiger partial charge >= 0.3 is 0 Å². The second kappa shape index (κ2) is 5.97. The first-order chi connectivity index (χ1) is 9.43. The van der Waals surface area contributed by atoms with Crippen LogP contribution < -0.4 is 5.73 Å². The van der Waals surface area contributed by atoms with Crippen LogP contribution >= 0.6 is 15.9 Å². The van der Waals surface area contributed by atoms with Crippen LogP contribution in [0.1, 0.15) is 24.6 Å². The number of benzene rings is 1. The highest BCUT2D eigenvalue weighted by Gasteiger charge is 2.27. The van der Waals surface area contributed by atoms with Gasteiger partial charge in [0.15, 0.2) is 0 Å². The quantitative estimate of drug-likeness (QED) is 0.915. The highest BCUT2D eigenvalue weighted by atomic mass is 79.9. The van der Waals surface area contributed by atoms with Gasteiger partial charge in [0.05, 0.1) is 17.4 Å². The van der Waals surface area contributed by atoms with Crippen LogP contribution in [0.4, 0.5) is 8.78 Å². The largest absolute Gasteiger partial charge is 0.320 e. The van der Waals surface area contributed by atoms with Gasteiger partial charge in [0, 0.05) is 4.47 Å². The van der Waals surface area contributed by atoms with E-state index >= 15 is 0 Å². The molecular weight excluding hydrogens is 326 g/mol. The molecule has 0 spiro atoms. The Bertz CT molecular complexity index is 581. The number of nitrogens with zero attached hydrogens (tertiary/aromatic N) is 1. The summed E-state index contributed by atoms with van der Waals surface area (Å²) in [6.45, 7) is 1.93. The zero-order valence-corrected chi connectivity index (χ0v) is 12.6. The number of rotatable bonds is 4. The van der Waals surface area contributed by atoms with Gasteiger partial charge in [0.1, 0.15) is 11.6 Å². The van der Waals surface area contributed by atoms with E-state index in [1.54, 1.807) is 6.07 Å². The van der Waals surface area contributed by atoms with Gasteiger partial charge in [-0.05, 0) is 48.7 Å². The van der Waals surface area contributed by atoms with Gasteiger partial charge < -0.3 is 5.73 Å². The lowest BCUT2D eigenvalue weighted by molar-refractivity contribution is 0.410. The zero-order chi connectivity index (χ0) is 14.8. The summed E-state index contributed by atoms with van der Waals surface area (Å²) in [6.07, 6.45) is 2.19. The van der Waals surface area contributed by atoms with Gasteiger partial charge in [-0.25, -0.2) is 8.78 Å². The summed E-state index contributed by atoms with van der Waals surface area (Å²) < 4.78 is 27.0. The predicted molar refractivity (Wildman–Crippen MR) is 78.2 cm³/mol. The molecule has 1 unspecified atom stereocenters. The average molecular weight is 341 g/mol. The second-order valence-corrected chi connectivity index (χ2v) is 5.74. The minimum Gasteiger partial charge on any atom is -0.320 e. The molecule has 2 aromatic rings. The highest BCUT2D eigenvalue weighted by Crippen LogP contribution is 2.27. The van der Waals surface area contributed by atoms with Crippen LogP contribution in [0.3, 0.4) is 0 Å². The van der Waals surface area contributed by atoms with E-state index in [1.165, 1.54) is 18.2 Å². The topological polar surface area (TPSA) is 38.9 Å². The summed E-state index contributed by atoms with van der Waals surface area (Å²) in [4.78, 5) is 4.06. The number of hydrogen-bond donors (Lipinski definition) is 1. The summed E-state index contributed by atoms with van der Waals surface area (Å²) in [5, 5.41) is 0. The van der Waals surface area contributed by atoms with Crippen molar-refractivity contribution >= 4 is 15.9 Å². The Labute approximate surface area is 125 Å². The molecule has 1 heterocycles. The molecule has 106 valence electrons. The standard InChI is InChI=1S/C15H15BrF2N2/c1-2-15(19,14-4-3-12(17)9-20-14)8-10-5-11(16)7-13(18)6-10/h3-7,9H,2,8,19H2,1H3. The van der Waals surface area contributed by atoms with E-state index in [0.717, 1.165) is 11.8 Å². The second-order valence-electron chi connectivity index (χ2n) is 4.83. The lowest BCUT2D eigenvalue weighted by Gasteiger charge is -2.28. The van der Waals surface area contributed by atoms with Gasteiger partial charge in [-0.1, -0.05) is 22.9 Å². The van der Waals surface area contributed by atoms with Crippen LogP contribution in [0.5, 0.6) is 0 Å². The van der Waals surface area contributed by atoms with Crippen molar-refractivity contribution in [3.8, 4) is 0 Å². The Morgan fingerprint density at radius 2 is 1.95 bits per heavy atom. The van der Waals surface area contributed by atoms with E-state index in [4.69, 9.17) is 5.73 Å². The molecule has 0 aliphatic carbocycles. The van der Waals surface area contributed by atoms with E-state index in [-0.39, 0.29) is 5.82 Å². The van der Waals surface area contributed by atoms with Crippen LogP contribution in [0.15, 0.2) is 41.0 Å². The number of halogens is 3. The molecule has 0 saturated carbocycles. The van der Waals surface area contributed by atoms with Gasteiger partial charge in [0.2, 0.25) is 0 Å². The Kier molecular flexibility index (Phi) is 4.50. The lowest BCUT2D eigenvalue weighted by Crippen LogP contribution is -2.39. The van der Waals surface area contributed by atoms with E-state index in [9.17, 15) is 8.78 Å². The molecule has 0 bridgehead atoms. The van der Waals surface area contributed by atoms with E-state index in [0.29, 0.717) is 23.0 Å². The Balaban J connectivity index is 2.33. The molecule has 5 heteroatoms. The average Bonchev–Trinajstić information content (AvgIpc) is 2.38. The first-order valence-electron chi connectivity index (χ1n) is 6.29. The summed E-state index contributed by atoms with van der Waals surface area (Å²) in [5.74, 6) is -0.722. The van der Waals surface area contributed by atoms with Crippen molar-refractivity contribution in [3.63, 3.8) is 0 Å². The van der Waals surface area contributed by atoms with Gasteiger partial charge in [-0.15, -0.1) is 0 Å². The van der Waals surface area contributed by atoms with Crippen molar-refractivity contribution in [2.45, 2.75) is 25.3 Å². The molecule has 1 atom stereocenters. The monoisotopic (exact) mass is 340 g/mol. The fourth-order valence-electron chi connectivity index (χ4n) is 2.14. The number of aromatic nitrogens is 1. The fraction of sp³-hybridized carbons (Fsp3) is 0.267. The molecule has 0 aliphatic heterocycles. The molecule has 1 aromatic carbocycles.